The maximum Gasteiger partial charge on any atom is 1.00 e. The Morgan fingerprint density at radius 3 is 2.38 bits per heavy atom. The van der Waals surface area contributed by atoms with Crippen molar-refractivity contribution in [3.8, 4) is 5.75 Å². The minimum atomic E-state index is -4.61. The zero-order chi connectivity index (χ0) is 15.2. The van der Waals surface area contributed by atoms with Gasteiger partial charge in [-0.1, -0.05) is 18.2 Å². The van der Waals surface area contributed by atoms with E-state index in [0.29, 0.717) is 5.75 Å². The van der Waals surface area contributed by atoms with E-state index in [4.69, 9.17) is 19.6 Å². The molecular formula is C11H17NNaO7P. The van der Waals surface area contributed by atoms with Crippen LogP contribution in [-0.2, 0) is 9.36 Å². The van der Waals surface area contributed by atoms with Gasteiger partial charge in [-0.3, -0.25) is 4.57 Å². The van der Waals surface area contributed by atoms with Crippen LogP contribution >= 0.6 is 7.60 Å². The van der Waals surface area contributed by atoms with Gasteiger partial charge in [0, 0.05) is 0 Å². The Hall–Kier alpha value is -0.440. The number of benzene rings is 1. The van der Waals surface area contributed by atoms with Crippen LogP contribution in [0, 0.1) is 5.21 Å². The van der Waals surface area contributed by atoms with Crippen LogP contribution in [0.25, 0.3) is 0 Å². The molecule has 1 aromatic carbocycles. The van der Waals surface area contributed by atoms with Crippen LogP contribution in [0.4, 0.5) is 0 Å². The SMILES string of the molecule is O=C(O)C[N+]([O-])(CCOc1ccccc1)CP(=O)(O)O.[H-].[Na+]. The Morgan fingerprint density at radius 1 is 1.33 bits per heavy atom. The molecule has 21 heavy (non-hydrogen) atoms. The second-order valence-electron chi connectivity index (χ2n) is 4.30. The van der Waals surface area contributed by atoms with Gasteiger partial charge in [-0.15, -0.1) is 0 Å². The monoisotopic (exact) mass is 329 g/mol. The Morgan fingerprint density at radius 2 is 1.90 bits per heavy atom. The molecule has 0 radical (unpaired) electrons. The second-order valence-corrected chi connectivity index (χ2v) is 5.91. The van der Waals surface area contributed by atoms with Gasteiger partial charge in [0.05, 0.1) is 0 Å². The topological polar surface area (TPSA) is 127 Å². The Balaban J connectivity index is 0. The molecule has 10 heteroatoms. The van der Waals surface area contributed by atoms with Gasteiger partial charge >= 0.3 is 43.1 Å². The third-order valence-corrected chi connectivity index (χ3v) is 3.26. The summed E-state index contributed by atoms with van der Waals surface area (Å²) in [6, 6.07) is 8.53. The number of rotatable bonds is 8. The molecule has 0 saturated carbocycles. The van der Waals surface area contributed by atoms with Crippen molar-refractivity contribution in [3.05, 3.63) is 35.5 Å². The van der Waals surface area contributed by atoms with Crippen molar-refractivity contribution in [2.24, 2.45) is 0 Å². The largest absolute Gasteiger partial charge is 1.00 e. The van der Waals surface area contributed by atoms with Gasteiger partial charge in [0.2, 0.25) is 0 Å². The van der Waals surface area contributed by atoms with Gasteiger partial charge in [0.25, 0.3) is 0 Å². The molecule has 0 amide bonds. The van der Waals surface area contributed by atoms with E-state index in [1.54, 1.807) is 30.3 Å². The predicted octanol–water partition coefficient (Wildman–Crippen LogP) is -2.28. The molecule has 1 aromatic rings. The molecule has 0 saturated heterocycles. The zero-order valence-corrected chi connectivity index (χ0v) is 14.5. The fourth-order valence-electron chi connectivity index (χ4n) is 1.63. The molecule has 0 fully saturated rings. The summed E-state index contributed by atoms with van der Waals surface area (Å²) in [5.41, 5.74) is 0. The first kappa shape index (κ1) is 20.6. The van der Waals surface area contributed by atoms with E-state index in [0.717, 1.165) is 0 Å². The molecule has 1 rings (SSSR count). The van der Waals surface area contributed by atoms with Crippen LogP contribution in [0.5, 0.6) is 5.75 Å². The third kappa shape index (κ3) is 9.23. The molecule has 0 aromatic heterocycles. The van der Waals surface area contributed by atoms with E-state index < -0.39 is 31.0 Å². The standard InChI is InChI=1S/C11H16NO7P.Na.H/c13-11(14)8-12(15,9-20(16,17)18)6-7-19-10-4-2-1-3-5-10;;/h1-5H,6-9H2,(H,13,14)(H2,16,17,18);;/q;+1;-1. The van der Waals surface area contributed by atoms with Gasteiger partial charge in [-0.2, -0.15) is 0 Å². The van der Waals surface area contributed by atoms with Crippen molar-refractivity contribution in [2.75, 3.05) is 26.0 Å². The van der Waals surface area contributed by atoms with Crippen molar-refractivity contribution in [1.82, 2.24) is 0 Å². The van der Waals surface area contributed by atoms with Crippen molar-refractivity contribution in [3.63, 3.8) is 0 Å². The number of carboxylic acid groups (broad SMARTS) is 1. The molecule has 1 atom stereocenters. The zero-order valence-electron chi connectivity index (χ0n) is 12.6. The molecule has 1 unspecified atom stereocenters. The van der Waals surface area contributed by atoms with Crippen molar-refractivity contribution in [1.29, 1.82) is 0 Å². The molecule has 3 N–H and O–H groups in total. The van der Waals surface area contributed by atoms with Gasteiger partial charge in [-0.05, 0) is 12.1 Å². The van der Waals surface area contributed by atoms with Gasteiger partial charge in [0.15, 0.2) is 12.8 Å². The normalized spacial score (nSPS) is 13.9. The number of aliphatic carboxylic acids is 1. The molecule has 114 valence electrons. The Bertz CT molecular complexity index is 500. The van der Waals surface area contributed by atoms with E-state index in [2.05, 4.69) is 0 Å². The summed E-state index contributed by atoms with van der Waals surface area (Å²) in [6.07, 6.45) is -1.09. The Labute approximate surface area is 145 Å². The smallest absolute Gasteiger partial charge is 1.00 e. The minimum absolute atomic E-state index is 0. The van der Waals surface area contributed by atoms with Crippen molar-refractivity contribution in [2.45, 2.75) is 0 Å². The number of quaternary nitrogens is 1. The number of hydroxylamine groups is 3. The summed E-state index contributed by atoms with van der Waals surface area (Å²) < 4.78 is 14.6. The summed E-state index contributed by atoms with van der Waals surface area (Å²) in [5, 5.41) is 20.8. The minimum Gasteiger partial charge on any atom is -1.00 e. The molecule has 0 spiro atoms. The van der Waals surface area contributed by atoms with E-state index in [1.807, 2.05) is 0 Å². The Kier molecular flexibility index (Phi) is 8.69. The first-order chi connectivity index (χ1) is 9.20. The number of carboxylic acids is 1. The van der Waals surface area contributed by atoms with Crippen LogP contribution < -0.4 is 34.3 Å². The quantitative estimate of drug-likeness (QED) is 0.212. The van der Waals surface area contributed by atoms with E-state index >= 15 is 0 Å². The molecule has 0 bridgehead atoms. The summed E-state index contributed by atoms with van der Waals surface area (Å²) in [4.78, 5) is 28.3. The van der Waals surface area contributed by atoms with Gasteiger partial charge < -0.3 is 30.9 Å². The maximum atomic E-state index is 12.1. The molecule has 0 heterocycles. The average Bonchev–Trinajstić information content (AvgIpc) is 2.26. The van der Waals surface area contributed by atoms with E-state index in [9.17, 15) is 14.6 Å². The third-order valence-electron chi connectivity index (χ3n) is 2.38. The van der Waals surface area contributed by atoms with Crippen LogP contribution in [0.3, 0.4) is 0 Å². The molecule has 0 aliphatic rings. The molecule has 0 aliphatic heterocycles. The fraction of sp³-hybridized carbons (Fsp3) is 0.364. The fourth-order valence-corrected chi connectivity index (χ4v) is 2.54. The number of nitrogens with zero attached hydrogens (tertiary/aromatic N) is 1. The van der Waals surface area contributed by atoms with Gasteiger partial charge in [-0.25, -0.2) is 4.79 Å². The van der Waals surface area contributed by atoms with E-state index in [-0.39, 0.29) is 44.1 Å². The number of ether oxygens (including phenoxy) is 1. The van der Waals surface area contributed by atoms with Gasteiger partial charge in [0.1, 0.15) is 18.9 Å². The number of hydrogen-bond donors (Lipinski definition) is 3. The summed E-state index contributed by atoms with van der Waals surface area (Å²) in [5.74, 6) is -0.932. The van der Waals surface area contributed by atoms with Crippen LogP contribution in [0.1, 0.15) is 1.43 Å². The maximum absolute atomic E-state index is 12.1. The number of hydrogen-bond acceptors (Lipinski definition) is 4. The molecule has 8 nitrogen and oxygen atoms in total. The van der Waals surface area contributed by atoms with Crippen LogP contribution in [0.15, 0.2) is 30.3 Å². The first-order valence-corrected chi connectivity index (χ1v) is 7.51. The van der Waals surface area contributed by atoms with E-state index in [1.165, 1.54) is 0 Å². The summed E-state index contributed by atoms with van der Waals surface area (Å²) >= 11 is 0. The van der Waals surface area contributed by atoms with Crippen molar-refractivity contribution < 1.29 is 64.6 Å². The van der Waals surface area contributed by atoms with Crippen LogP contribution in [0.2, 0.25) is 0 Å². The second kappa shape index (κ2) is 8.87. The first-order valence-electron chi connectivity index (χ1n) is 5.71. The molecule has 0 aliphatic carbocycles. The summed E-state index contributed by atoms with van der Waals surface area (Å²) in [6.45, 7) is -1.43. The number of carbonyl (C=O) groups is 1. The average molecular weight is 329 g/mol. The van der Waals surface area contributed by atoms with Crippen LogP contribution in [-0.4, -0.2) is 51.5 Å². The predicted molar refractivity (Wildman–Crippen MR) is 71.0 cm³/mol. The van der Waals surface area contributed by atoms with Crippen molar-refractivity contribution >= 4 is 13.6 Å². The summed E-state index contributed by atoms with van der Waals surface area (Å²) in [7, 11) is -4.61. The number of para-hydroxylation sites is 1. The molecular weight excluding hydrogens is 312 g/mol.